The van der Waals surface area contributed by atoms with Crippen LogP contribution in [0.15, 0.2) is 123 Å². The van der Waals surface area contributed by atoms with Crippen molar-refractivity contribution in [1.82, 2.24) is 48.7 Å². The van der Waals surface area contributed by atoms with Gasteiger partial charge < -0.3 is 32.5 Å². The van der Waals surface area contributed by atoms with Crippen LogP contribution in [-0.2, 0) is 40.7 Å². The second-order valence-electron chi connectivity index (χ2n) is 11.8. The molecule has 65 heavy (non-hydrogen) atoms. The van der Waals surface area contributed by atoms with Crippen LogP contribution in [0.3, 0.4) is 0 Å². The number of alkyl halides is 6. The number of benzene rings is 2. The van der Waals surface area contributed by atoms with Gasteiger partial charge in [0, 0.05) is 68.7 Å². The van der Waals surface area contributed by atoms with Gasteiger partial charge in [0.1, 0.15) is 0 Å². The Morgan fingerprint density at radius 3 is 1.32 bits per heavy atom. The van der Waals surface area contributed by atoms with Crippen LogP contribution < -0.4 is 0 Å². The monoisotopic (exact) mass is 1120 g/mol. The Morgan fingerprint density at radius 1 is 0.631 bits per heavy atom. The van der Waals surface area contributed by atoms with Crippen LogP contribution in [0, 0.1) is 16.2 Å². The summed E-state index contributed by atoms with van der Waals surface area (Å²) in [4.78, 5) is 18.6. The first-order chi connectivity index (χ1) is 29.8. The molecule has 0 radical (unpaired) electrons. The zero-order chi connectivity index (χ0) is 47.7. The first kappa shape index (κ1) is 54.1. The standard InChI is InChI=1S/C13H7N2O2.C12H8BCl4N8.C5H5N.2CHF3O3S.Pd/c16-15(17)12-5-1-4-11-10(12)7-6-9-3-2-8-14-13(9)11;14-9-1-18-22(5-9)13(23-6-10(15)2-19-23,24-7-11(16)3-20-24)25-8-12(17)4-21-25;1-2-4-6-5-3-1;2*2-1(3,4)8(5,6)7;/h1-3,5-8H;1-8H;1-5H;2*(H,5,6,7);/q2*-1;;;;/p-2. The fraction of sp³-hybridized carbons (Fsp3) is 0.0625. The minimum Gasteiger partial charge on any atom is -0.741 e. The van der Waals surface area contributed by atoms with Crippen molar-refractivity contribution in [2.45, 2.75) is 11.0 Å². The number of nitro groups is 1. The van der Waals surface area contributed by atoms with Crippen LogP contribution in [0.1, 0.15) is 0 Å². The SMILES string of the molecule is Clc1cnn([B-](n2cc(Cl)cn2)(n2cc(Cl)cn2)n2cc(Cl)cn2)c1.O=S(=O)([O-])C(F)(F)F.O=S(=O)([O-])C(F)(F)F.O=[N+]([O-])c1cc[c-]c2c1ccc1cccnc12.[Pd].c1ccncc1. The maximum atomic E-state index is 10.9. The van der Waals surface area contributed by atoms with Gasteiger partial charge in [-0.2, -0.15) is 26.3 Å². The Balaban J connectivity index is 0.000000242. The molecule has 0 bridgehead atoms. The van der Waals surface area contributed by atoms with Crippen LogP contribution in [0.5, 0.6) is 0 Å². The Bertz CT molecular complexity index is 2840. The molecule has 0 aliphatic rings. The summed E-state index contributed by atoms with van der Waals surface area (Å²) in [6, 6.07) is 19.1. The van der Waals surface area contributed by atoms with E-state index in [2.05, 4.69) is 36.4 Å². The molecule has 33 heteroatoms. The van der Waals surface area contributed by atoms with Crippen molar-refractivity contribution >= 4 is 101 Å². The molecule has 0 saturated carbocycles. The van der Waals surface area contributed by atoms with Gasteiger partial charge in [-0.25, -0.2) is 37.2 Å². The zero-order valence-corrected chi connectivity index (χ0v) is 37.4. The summed E-state index contributed by atoms with van der Waals surface area (Å²) in [5, 5.41) is 32.3. The number of aromatic nitrogens is 10. The van der Waals surface area contributed by atoms with E-state index in [9.17, 15) is 36.5 Å². The van der Waals surface area contributed by atoms with Crippen molar-refractivity contribution in [2.24, 2.45) is 0 Å². The fourth-order valence-corrected chi connectivity index (χ4v) is 5.59. The van der Waals surface area contributed by atoms with Crippen molar-refractivity contribution < 1.29 is 77.6 Å². The quantitative estimate of drug-likeness (QED) is 0.0240. The summed E-state index contributed by atoms with van der Waals surface area (Å²) < 4.78 is 124. The zero-order valence-electron chi connectivity index (χ0n) is 31.2. The molecule has 0 saturated heterocycles. The molecule has 0 aliphatic heterocycles. The molecule has 0 fully saturated rings. The molecule has 0 unspecified atom stereocenters. The van der Waals surface area contributed by atoms with Crippen LogP contribution in [-0.4, -0.2) is 97.3 Å². The van der Waals surface area contributed by atoms with Crippen molar-refractivity contribution in [1.29, 1.82) is 0 Å². The summed E-state index contributed by atoms with van der Waals surface area (Å²) in [5.74, 6) is 0. The summed E-state index contributed by atoms with van der Waals surface area (Å²) in [6.45, 7) is -2.25. The predicted molar refractivity (Wildman–Crippen MR) is 217 cm³/mol. The molecular weight excluding hydrogens is 1100 g/mol. The number of halogens is 10. The van der Waals surface area contributed by atoms with E-state index in [1.807, 2.05) is 36.4 Å². The van der Waals surface area contributed by atoms with Crippen molar-refractivity contribution in [2.75, 3.05) is 0 Å². The molecule has 0 aliphatic carbocycles. The number of hydrogen-bond acceptors (Lipinski definition) is 14. The molecule has 6 heterocycles. The minimum atomic E-state index is -6.09. The normalized spacial score (nSPS) is 11.6. The molecule has 350 valence electrons. The van der Waals surface area contributed by atoms with Gasteiger partial charge in [-0.15, -0.1) is 17.5 Å². The third kappa shape index (κ3) is 13.9. The number of nitro benzene ring substituents is 1. The number of fused-ring (bicyclic) bond motifs is 3. The maximum absolute atomic E-state index is 10.9. The van der Waals surface area contributed by atoms with E-state index in [4.69, 9.17) is 72.3 Å². The Morgan fingerprint density at radius 2 is 1.03 bits per heavy atom. The van der Waals surface area contributed by atoms with E-state index in [-0.39, 0.29) is 31.0 Å². The third-order valence-corrected chi connectivity index (χ3v) is 9.46. The van der Waals surface area contributed by atoms with Gasteiger partial charge in [-0.05, 0) is 34.5 Å². The van der Waals surface area contributed by atoms with Crippen LogP contribution in [0.2, 0.25) is 20.1 Å². The van der Waals surface area contributed by atoms with Gasteiger partial charge in [-0.3, -0.25) is 15.1 Å². The van der Waals surface area contributed by atoms with E-state index in [1.165, 1.54) is 30.9 Å². The molecule has 2 aromatic carbocycles. The molecule has 0 spiro atoms. The van der Waals surface area contributed by atoms with Gasteiger partial charge in [0.2, 0.25) is 0 Å². The third-order valence-electron chi connectivity index (χ3n) is 7.55. The number of rotatable bonds is 5. The first-order valence-corrected chi connectivity index (χ1v) is 20.8. The molecule has 19 nitrogen and oxygen atoms in total. The molecule has 6 aromatic heterocycles. The van der Waals surface area contributed by atoms with Gasteiger partial charge in [0.15, 0.2) is 25.9 Å². The van der Waals surface area contributed by atoms with Crippen molar-refractivity contribution in [3.8, 4) is 0 Å². The number of non-ortho nitro benzene ring substituents is 1. The smallest absolute Gasteiger partial charge is 0.485 e. The summed E-state index contributed by atoms with van der Waals surface area (Å²) in [7, 11) is -12.2. The molecule has 8 aromatic rings. The molecule has 8 rings (SSSR count). The number of hydrogen-bond donors (Lipinski definition) is 0. The Labute approximate surface area is 394 Å². The maximum Gasteiger partial charge on any atom is 0.485 e. The first-order valence-electron chi connectivity index (χ1n) is 16.5. The molecule has 0 amide bonds. The van der Waals surface area contributed by atoms with Gasteiger partial charge in [0.05, 0.1) is 44.9 Å². The number of pyridine rings is 2. The van der Waals surface area contributed by atoms with E-state index < -0.39 is 37.9 Å². The van der Waals surface area contributed by atoms with Crippen molar-refractivity contribution in [3.05, 3.63) is 159 Å². The van der Waals surface area contributed by atoms with E-state index in [1.54, 1.807) is 73.9 Å². The fourth-order valence-electron chi connectivity index (χ4n) is 5.01. The summed E-state index contributed by atoms with van der Waals surface area (Å²) in [6.07, 6.45) is 17.7. The summed E-state index contributed by atoms with van der Waals surface area (Å²) in [5.41, 5.74) is -10.5. The van der Waals surface area contributed by atoms with Gasteiger partial charge in [0.25, 0.3) is 0 Å². The molecule has 0 N–H and O–H groups in total. The molecule has 0 atom stereocenters. The van der Waals surface area contributed by atoms with Crippen LogP contribution in [0.4, 0.5) is 32.0 Å². The Kier molecular flexibility index (Phi) is 18.6. The second kappa shape index (κ2) is 22.3. The van der Waals surface area contributed by atoms with E-state index in [0.29, 0.717) is 30.9 Å². The average Bonchev–Trinajstić information content (AvgIpc) is 4.05. The topological polar surface area (TPSA) is 255 Å². The van der Waals surface area contributed by atoms with E-state index >= 15 is 0 Å². The van der Waals surface area contributed by atoms with Crippen LogP contribution >= 0.6 is 46.4 Å². The largest absolute Gasteiger partial charge is 0.741 e. The average molecular weight is 1120 g/mol. The minimum absolute atomic E-state index is 0. The van der Waals surface area contributed by atoms with Crippen molar-refractivity contribution in [3.63, 3.8) is 0 Å². The molecular formula is C32H20BCl4F6N11O8PdS2-4. The Hall–Kier alpha value is -5.21. The van der Waals surface area contributed by atoms with Gasteiger partial charge in [-0.1, -0.05) is 76.7 Å². The second-order valence-corrected chi connectivity index (χ2v) is 16.2. The van der Waals surface area contributed by atoms with Crippen LogP contribution in [0.25, 0.3) is 21.7 Å². The van der Waals surface area contributed by atoms with E-state index in [0.717, 1.165) is 10.9 Å². The number of nitrogens with zero attached hydrogens (tertiary/aromatic N) is 11. The van der Waals surface area contributed by atoms with Gasteiger partial charge >= 0.3 is 17.7 Å². The summed E-state index contributed by atoms with van der Waals surface area (Å²) >= 11 is 24.4. The predicted octanol–water partition coefficient (Wildman–Crippen LogP) is 7.29.